The molecule has 0 fully saturated rings. The third-order valence-corrected chi connectivity index (χ3v) is 4.98. The van der Waals surface area contributed by atoms with Crippen molar-refractivity contribution in [1.29, 1.82) is 0 Å². The highest BCUT2D eigenvalue weighted by atomic mass is 16.5. The topological polar surface area (TPSA) is 47.9 Å². The smallest absolute Gasteiger partial charge is 0.216 e. The van der Waals surface area contributed by atoms with E-state index in [9.17, 15) is 5.11 Å². The summed E-state index contributed by atoms with van der Waals surface area (Å²) in [6.45, 7) is 5.88. The minimum atomic E-state index is -0.0380. The number of phenols is 1. The lowest BCUT2D eigenvalue weighted by molar-refractivity contribution is 0.360. The van der Waals surface area contributed by atoms with E-state index in [1.165, 1.54) is 0 Å². The molecule has 0 bridgehead atoms. The third-order valence-electron chi connectivity index (χ3n) is 4.98. The number of ether oxygens (including phenoxy) is 3. The van der Waals surface area contributed by atoms with Gasteiger partial charge in [0.05, 0.1) is 0 Å². The Morgan fingerprint density at radius 2 is 0.871 bits per heavy atom. The molecule has 0 radical (unpaired) electrons. The first-order valence-electron chi connectivity index (χ1n) is 10.1. The summed E-state index contributed by atoms with van der Waals surface area (Å²) in [4.78, 5) is 0. The maximum absolute atomic E-state index is 10.7. The summed E-state index contributed by atoms with van der Waals surface area (Å²) >= 11 is 0. The molecule has 4 heteroatoms. The van der Waals surface area contributed by atoms with Crippen LogP contribution < -0.4 is 14.2 Å². The number of phenolic OH excluding ortho intramolecular Hbond substituents is 1. The van der Waals surface area contributed by atoms with Crippen molar-refractivity contribution in [3.05, 3.63) is 102 Å². The van der Waals surface area contributed by atoms with Crippen molar-refractivity contribution in [3.63, 3.8) is 0 Å². The fraction of sp³-hybridized carbons (Fsp3) is 0.111. The Hall–Kier alpha value is -3.92. The van der Waals surface area contributed by atoms with E-state index in [0.29, 0.717) is 28.7 Å². The number of benzene rings is 4. The summed E-state index contributed by atoms with van der Waals surface area (Å²) in [7, 11) is 0. The first-order valence-corrected chi connectivity index (χ1v) is 10.1. The zero-order chi connectivity index (χ0) is 21.8. The molecule has 0 aliphatic rings. The monoisotopic (exact) mass is 412 g/mol. The Balaban J connectivity index is 1.83. The van der Waals surface area contributed by atoms with Crippen molar-refractivity contribution in [3.8, 4) is 40.2 Å². The second-order valence-electron chi connectivity index (χ2n) is 7.34. The zero-order valence-corrected chi connectivity index (χ0v) is 17.8. The van der Waals surface area contributed by atoms with E-state index in [1.807, 2.05) is 93.6 Å². The highest BCUT2D eigenvalue weighted by molar-refractivity contribution is 5.62. The van der Waals surface area contributed by atoms with E-state index < -0.39 is 0 Å². The number of aromatic hydroxyl groups is 1. The number of aryl methyl sites for hydroxylation is 3. The fourth-order valence-electron chi connectivity index (χ4n) is 3.16. The molecule has 0 saturated carbocycles. The van der Waals surface area contributed by atoms with Crippen molar-refractivity contribution in [2.45, 2.75) is 20.8 Å². The molecular weight excluding hydrogens is 388 g/mol. The Kier molecular flexibility index (Phi) is 5.80. The summed E-state index contributed by atoms with van der Waals surface area (Å²) in [6, 6.07) is 26.2. The number of hydrogen-bond donors (Lipinski definition) is 1. The predicted molar refractivity (Wildman–Crippen MR) is 122 cm³/mol. The molecular formula is C27H24O4. The van der Waals surface area contributed by atoms with Crippen molar-refractivity contribution < 1.29 is 19.3 Å². The summed E-state index contributed by atoms with van der Waals surface area (Å²) in [6.07, 6.45) is 0. The van der Waals surface area contributed by atoms with E-state index in [-0.39, 0.29) is 11.5 Å². The Bertz CT molecular complexity index is 1210. The average molecular weight is 412 g/mol. The minimum Gasteiger partial charge on any atom is -0.504 e. The molecule has 0 aliphatic heterocycles. The van der Waals surface area contributed by atoms with Crippen molar-refractivity contribution in [1.82, 2.24) is 0 Å². The molecule has 0 atom stereocenters. The lowest BCUT2D eigenvalue weighted by Crippen LogP contribution is -1.97. The molecule has 4 nitrogen and oxygen atoms in total. The van der Waals surface area contributed by atoms with E-state index >= 15 is 0 Å². The Morgan fingerprint density at radius 1 is 0.452 bits per heavy atom. The largest absolute Gasteiger partial charge is 0.504 e. The molecule has 31 heavy (non-hydrogen) atoms. The zero-order valence-electron chi connectivity index (χ0n) is 17.8. The van der Waals surface area contributed by atoms with Gasteiger partial charge in [-0.25, -0.2) is 0 Å². The quantitative estimate of drug-likeness (QED) is 0.352. The van der Waals surface area contributed by atoms with Crippen LogP contribution in [-0.2, 0) is 0 Å². The van der Waals surface area contributed by atoms with Gasteiger partial charge in [0.1, 0.15) is 17.2 Å². The molecule has 4 aromatic rings. The number of rotatable bonds is 6. The van der Waals surface area contributed by atoms with Crippen molar-refractivity contribution >= 4 is 0 Å². The molecule has 1 N–H and O–H groups in total. The van der Waals surface area contributed by atoms with Crippen LogP contribution in [0.2, 0.25) is 0 Å². The summed E-state index contributed by atoms with van der Waals surface area (Å²) < 4.78 is 18.6. The molecule has 4 rings (SSSR count). The van der Waals surface area contributed by atoms with Gasteiger partial charge in [0, 0.05) is 0 Å². The fourth-order valence-corrected chi connectivity index (χ4v) is 3.16. The molecule has 0 aliphatic carbocycles. The van der Waals surface area contributed by atoms with Crippen LogP contribution in [0.3, 0.4) is 0 Å². The molecule has 156 valence electrons. The summed E-state index contributed by atoms with van der Waals surface area (Å²) in [5, 5.41) is 10.7. The summed E-state index contributed by atoms with van der Waals surface area (Å²) in [5.74, 6) is 2.88. The van der Waals surface area contributed by atoms with Crippen molar-refractivity contribution in [2.75, 3.05) is 0 Å². The van der Waals surface area contributed by atoms with Crippen LogP contribution in [0, 0.1) is 20.8 Å². The van der Waals surface area contributed by atoms with Gasteiger partial charge in [0.15, 0.2) is 11.5 Å². The van der Waals surface area contributed by atoms with E-state index in [4.69, 9.17) is 14.2 Å². The summed E-state index contributed by atoms with van der Waals surface area (Å²) in [5.41, 5.74) is 2.88. The van der Waals surface area contributed by atoms with Gasteiger partial charge < -0.3 is 19.3 Å². The second-order valence-corrected chi connectivity index (χ2v) is 7.34. The molecule has 0 saturated heterocycles. The first kappa shape index (κ1) is 20.4. The van der Waals surface area contributed by atoms with E-state index in [2.05, 4.69) is 0 Å². The second kappa shape index (κ2) is 8.84. The van der Waals surface area contributed by atoms with E-state index in [1.54, 1.807) is 12.1 Å². The van der Waals surface area contributed by atoms with Crippen LogP contribution in [0.5, 0.6) is 40.2 Å². The van der Waals surface area contributed by atoms with Gasteiger partial charge in [-0.1, -0.05) is 54.6 Å². The number of hydrogen-bond acceptors (Lipinski definition) is 4. The highest BCUT2D eigenvalue weighted by Crippen LogP contribution is 2.49. The molecule has 0 amide bonds. The number of para-hydroxylation sites is 3. The third kappa shape index (κ3) is 4.48. The van der Waals surface area contributed by atoms with Crippen LogP contribution in [0.25, 0.3) is 0 Å². The van der Waals surface area contributed by atoms with Gasteiger partial charge in [0.25, 0.3) is 0 Å². The molecule has 0 heterocycles. The molecule has 0 spiro atoms. The van der Waals surface area contributed by atoms with Gasteiger partial charge in [-0.2, -0.15) is 0 Å². The van der Waals surface area contributed by atoms with Crippen LogP contribution in [-0.4, -0.2) is 5.11 Å². The Morgan fingerprint density at radius 3 is 1.35 bits per heavy atom. The first-order chi connectivity index (χ1) is 15.0. The average Bonchev–Trinajstić information content (AvgIpc) is 2.76. The molecule has 4 aromatic carbocycles. The predicted octanol–water partition coefficient (Wildman–Crippen LogP) is 7.69. The lowest BCUT2D eigenvalue weighted by Gasteiger charge is -2.19. The molecule has 0 aromatic heterocycles. The van der Waals surface area contributed by atoms with Gasteiger partial charge in [-0.15, -0.1) is 0 Å². The SMILES string of the molecule is Cc1ccccc1Oc1ccc(O)c(Oc2ccccc2C)c1Oc1ccccc1C. The van der Waals surface area contributed by atoms with Crippen LogP contribution in [0.4, 0.5) is 0 Å². The van der Waals surface area contributed by atoms with Crippen LogP contribution >= 0.6 is 0 Å². The van der Waals surface area contributed by atoms with Gasteiger partial charge in [-0.05, 0) is 67.8 Å². The highest BCUT2D eigenvalue weighted by Gasteiger charge is 2.21. The van der Waals surface area contributed by atoms with Gasteiger partial charge in [0.2, 0.25) is 11.5 Å². The van der Waals surface area contributed by atoms with Crippen LogP contribution in [0.15, 0.2) is 84.9 Å². The van der Waals surface area contributed by atoms with Crippen LogP contribution in [0.1, 0.15) is 16.7 Å². The maximum atomic E-state index is 10.7. The molecule has 0 unspecified atom stereocenters. The minimum absolute atomic E-state index is 0.0380. The van der Waals surface area contributed by atoms with E-state index in [0.717, 1.165) is 16.7 Å². The standard InChI is InChI=1S/C27H24O4/c1-18-10-4-7-13-22(18)29-25-17-16-21(28)26(30-23-14-8-5-11-19(23)2)27(25)31-24-15-9-6-12-20(24)3/h4-17,28H,1-3H3. The normalized spacial score (nSPS) is 10.5. The van der Waals surface area contributed by atoms with Gasteiger partial charge in [-0.3, -0.25) is 0 Å². The van der Waals surface area contributed by atoms with Gasteiger partial charge >= 0.3 is 0 Å². The Labute approximate surface area is 182 Å². The maximum Gasteiger partial charge on any atom is 0.216 e. The lowest BCUT2D eigenvalue weighted by atomic mass is 10.2. The van der Waals surface area contributed by atoms with Crippen molar-refractivity contribution in [2.24, 2.45) is 0 Å².